The lowest BCUT2D eigenvalue weighted by atomic mass is 10.1. The Kier molecular flexibility index (Phi) is 6.44. The van der Waals surface area contributed by atoms with Crippen LogP contribution in [0, 0.1) is 0 Å². The molecule has 1 saturated heterocycles. The van der Waals surface area contributed by atoms with Crippen molar-refractivity contribution in [3.8, 4) is 5.75 Å². The summed E-state index contributed by atoms with van der Waals surface area (Å²) < 4.78 is 5.31. The minimum Gasteiger partial charge on any atom is -0.496 e. The van der Waals surface area contributed by atoms with E-state index >= 15 is 0 Å². The highest BCUT2D eigenvalue weighted by Gasteiger charge is 2.22. The summed E-state index contributed by atoms with van der Waals surface area (Å²) in [6.07, 6.45) is 2.64. The summed E-state index contributed by atoms with van der Waals surface area (Å²) in [6.45, 7) is 4.72. The summed E-state index contributed by atoms with van der Waals surface area (Å²) in [7, 11) is 1.62. The van der Waals surface area contributed by atoms with Crippen LogP contribution >= 0.6 is 0 Å². The Morgan fingerprint density at radius 2 is 1.70 bits per heavy atom. The zero-order chi connectivity index (χ0) is 16.7. The molecule has 1 aromatic rings. The Balaban J connectivity index is 1.94. The topological polar surface area (TPSA) is 49.9 Å². The fourth-order valence-electron chi connectivity index (χ4n) is 2.91. The number of carbonyl (C=O) groups excluding carboxylic acids is 2. The Morgan fingerprint density at radius 3 is 2.35 bits per heavy atom. The number of ether oxygens (including phenoxy) is 1. The molecule has 0 bridgehead atoms. The molecule has 0 atom stereocenters. The quantitative estimate of drug-likeness (QED) is 0.835. The zero-order valence-corrected chi connectivity index (χ0v) is 14.1. The van der Waals surface area contributed by atoms with Gasteiger partial charge in [0.15, 0.2) is 0 Å². The Morgan fingerprint density at radius 1 is 1.04 bits per heavy atom. The summed E-state index contributed by atoms with van der Waals surface area (Å²) in [5.74, 6) is 1.04. The number of methoxy groups -OCH3 is 1. The molecule has 0 N–H and O–H groups in total. The van der Waals surface area contributed by atoms with Crippen molar-refractivity contribution in [3.63, 3.8) is 0 Å². The third kappa shape index (κ3) is 4.71. The summed E-state index contributed by atoms with van der Waals surface area (Å²) in [6, 6.07) is 7.61. The number of hydrogen-bond acceptors (Lipinski definition) is 3. The van der Waals surface area contributed by atoms with Crippen molar-refractivity contribution in [1.29, 1.82) is 0 Å². The van der Waals surface area contributed by atoms with Gasteiger partial charge >= 0.3 is 0 Å². The van der Waals surface area contributed by atoms with Gasteiger partial charge in [-0.1, -0.05) is 25.1 Å². The molecule has 0 radical (unpaired) electrons. The zero-order valence-electron chi connectivity index (χ0n) is 14.1. The molecule has 0 aliphatic carbocycles. The van der Waals surface area contributed by atoms with E-state index in [1.165, 1.54) is 0 Å². The second-order valence-electron chi connectivity index (χ2n) is 5.85. The minimum atomic E-state index is 0.0966. The predicted octanol–water partition coefficient (Wildman–Crippen LogP) is 2.10. The highest BCUT2D eigenvalue weighted by atomic mass is 16.5. The van der Waals surface area contributed by atoms with E-state index in [4.69, 9.17) is 4.74 Å². The van der Waals surface area contributed by atoms with Crippen LogP contribution in [0.2, 0.25) is 0 Å². The molecule has 1 aromatic carbocycles. The maximum Gasteiger partial charge on any atom is 0.227 e. The van der Waals surface area contributed by atoms with Gasteiger partial charge in [0.25, 0.3) is 0 Å². The van der Waals surface area contributed by atoms with Gasteiger partial charge in [0.05, 0.1) is 13.5 Å². The second kappa shape index (κ2) is 8.56. The summed E-state index contributed by atoms with van der Waals surface area (Å²) in [4.78, 5) is 28.3. The van der Waals surface area contributed by atoms with E-state index in [1.807, 2.05) is 41.0 Å². The van der Waals surface area contributed by atoms with Gasteiger partial charge in [0.1, 0.15) is 5.75 Å². The molecule has 1 fully saturated rings. The smallest absolute Gasteiger partial charge is 0.227 e. The summed E-state index contributed by atoms with van der Waals surface area (Å²) in [5.41, 5.74) is 0.906. The first-order valence-electron chi connectivity index (χ1n) is 8.33. The van der Waals surface area contributed by atoms with Crippen LogP contribution in [-0.4, -0.2) is 54.9 Å². The van der Waals surface area contributed by atoms with Crippen molar-refractivity contribution in [2.24, 2.45) is 0 Å². The fraction of sp³-hybridized carbons (Fsp3) is 0.556. The number of hydrogen-bond donors (Lipinski definition) is 0. The van der Waals surface area contributed by atoms with E-state index in [0.29, 0.717) is 32.5 Å². The molecule has 1 aliphatic heterocycles. The van der Waals surface area contributed by atoms with Crippen molar-refractivity contribution in [3.05, 3.63) is 29.8 Å². The minimum absolute atomic E-state index is 0.0966. The number of para-hydroxylation sites is 1. The average Bonchev–Trinajstić information content (AvgIpc) is 2.81. The van der Waals surface area contributed by atoms with Crippen molar-refractivity contribution in [1.82, 2.24) is 9.80 Å². The second-order valence-corrected chi connectivity index (χ2v) is 5.85. The van der Waals surface area contributed by atoms with Crippen molar-refractivity contribution in [2.75, 3.05) is 33.3 Å². The van der Waals surface area contributed by atoms with Crippen molar-refractivity contribution < 1.29 is 14.3 Å². The number of amides is 2. The van der Waals surface area contributed by atoms with Gasteiger partial charge in [0, 0.05) is 38.2 Å². The number of nitrogens with zero attached hydrogens (tertiary/aromatic N) is 2. The molecule has 23 heavy (non-hydrogen) atoms. The Labute approximate surface area is 138 Å². The van der Waals surface area contributed by atoms with Crippen molar-refractivity contribution in [2.45, 2.75) is 32.6 Å². The molecule has 126 valence electrons. The molecule has 2 amide bonds. The van der Waals surface area contributed by atoms with Gasteiger partial charge in [-0.3, -0.25) is 9.59 Å². The Hall–Kier alpha value is -2.04. The fourth-order valence-corrected chi connectivity index (χ4v) is 2.91. The lowest BCUT2D eigenvalue weighted by molar-refractivity contribution is -0.133. The lowest BCUT2D eigenvalue weighted by Crippen LogP contribution is -2.37. The SMILES string of the molecule is CCCC(=O)N1CCCN(C(=O)Cc2ccccc2OC)CC1. The molecule has 0 unspecified atom stereocenters. The van der Waals surface area contributed by atoms with Gasteiger partial charge in [-0.15, -0.1) is 0 Å². The van der Waals surface area contributed by atoms with E-state index < -0.39 is 0 Å². The van der Waals surface area contributed by atoms with Gasteiger partial charge in [-0.05, 0) is 18.9 Å². The molecular weight excluding hydrogens is 292 g/mol. The van der Waals surface area contributed by atoms with E-state index in [1.54, 1.807) is 7.11 Å². The maximum absolute atomic E-state index is 12.6. The molecule has 1 aliphatic rings. The molecule has 5 heteroatoms. The van der Waals surface area contributed by atoms with Crippen LogP contribution in [0.25, 0.3) is 0 Å². The van der Waals surface area contributed by atoms with Crippen LogP contribution < -0.4 is 4.74 Å². The van der Waals surface area contributed by atoms with Crippen LogP contribution in [0.3, 0.4) is 0 Å². The summed E-state index contributed by atoms with van der Waals surface area (Å²) >= 11 is 0. The normalized spacial score (nSPS) is 15.2. The third-order valence-corrected chi connectivity index (χ3v) is 4.20. The van der Waals surface area contributed by atoms with Gasteiger partial charge < -0.3 is 14.5 Å². The van der Waals surface area contributed by atoms with E-state index in [2.05, 4.69) is 0 Å². The molecule has 0 spiro atoms. The monoisotopic (exact) mass is 318 g/mol. The third-order valence-electron chi connectivity index (χ3n) is 4.20. The molecule has 1 heterocycles. The number of benzene rings is 1. The van der Waals surface area contributed by atoms with E-state index in [0.717, 1.165) is 30.7 Å². The summed E-state index contributed by atoms with van der Waals surface area (Å²) in [5, 5.41) is 0. The van der Waals surface area contributed by atoms with Crippen LogP contribution in [0.4, 0.5) is 0 Å². The number of carbonyl (C=O) groups is 2. The largest absolute Gasteiger partial charge is 0.496 e. The van der Waals surface area contributed by atoms with Gasteiger partial charge in [-0.25, -0.2) is 0 Å². The van der Waals surface area contributed by atoms with E-state index in [9.17, 15) is 9.59 Å². The number of rotatable bonds is 5. The lowest BCUT2D eigenvalue weighted by Gasteiger charge is -2.22. The molecule has 0 saturated carbocycles. The first kappa shape index (κ1) is 17.3. The van der Waals surface area contributed by atoms with Crippen LogP contribution in [0.1, 0.15) is 31.7 Å². The highest BCUT2D eigenvalue weighted by Crippen LogP contribution is 2.19. The van der Waals surface area contributed by atoms with Gasteiger partial charge in [0.2, 0.25) is 11.8 Å². The highest BCUT2D eigenvalue weighted by molar-refractivity contribution is 5.80. The molecule has 5 nitrogen and oxygen atoms in total. The first-order chi connectivity index (χ1) is 11.2. The van der Waals surface area contributed by atoms with Crippen molar-refractivity contribution >= 4 is 11.8 Å². The average molecular weight is 318 g/mol. The molecule has 0 aromatic heterocycles. The van der Waals surface area contributed by atoms with Crippen LogP contribution in [-0.2, 0) is 16.0 Å². The Bertz CT molecular complexity index is 545. The molecular formula is C18H26N2O3. The van der Waals surface area contributed by atoms with Crippen LogP contribution in [0.15, 0.2) is 24.3 Å². The maximum atomic E-state index is 12.6. The standard InChI is InChI=1S/C18H26N2O3/c1-3-7-17(21)19-10-6-11-20(13-12-19)18(22)14-15-8-4-5-9-16(15)23-2/h4-5,8-9H,3,6-7,10-14H2,1-2H3. The van der Waals surface area contributed by atoms with Gasteiger partial charge in [-0.2, -0.15) is 0 Å². The van der Waals surface area contributed by atoms with Crippen LogP contribution in [0.5, 0.6) is 5.75 Å². The first-order valence-corrected chi connectivity index (χ1v) is 8.33. The van der Waals surface area contributed by atoms with E-state index in [-0.39, 0.29) is 11.8 Å². The molecule has 2 rings (SSSR count). The predicted molar refractivity (Wildman–Crippen MR) is 89.4 cm³/mol.